The van der Waals surface area contributed by atoms with Gasteiger partial charge in [-0.3, -0.25) is 9.78 Å². The van der Waals surface area contributed by atoms with E-state index in [-0.39, 0.29) is 5.91 Å². The third-order valence-electron chi connectivity index (χ3n) is 4.16. The van der Waals surface area contributed by atoms with Gasteiger partial charge in [-0.15, -0.1) is 0 Å². The number of allylic oxidation sites excluding steroid dienone is 1. The zero-order valence-electron chi connectivity index (χ0n) is 13.9. The molecule has 1 amide bonds. The summed E-state index contributed by atoms with van der Waals surface area (Å²) in [6.07, 6.45) is 8.84. The van der Waals surface area contributed by atoms with Crippen LogP contribution in [0.25, 0.3) is 17.0 Å². The molecule has 2 heterocycles. The Kier molecular flexibility index (Phi) is 4.67. The number of halogens is 1. The van der Waals surface area contributed by atoms with Crippen molar-refractivity contribution < 1.29 is 9.21 Å². The number of rotatable bonds is 5. The second-order valence-corrected chi connectivity index (χ2v) is 7.04. The van der Waals surface area contributed by atoms with Crippen molar-refractivity contribution in [1.29, 1.82) is 0 Å². The molecule has 5 nitrogen and oxygen atoms in total. The number of fused-ring (bicyclic) bond motifs is 1. The fourth-order valence-corrected chi connectivity index (χ4v) is 3.08. The maximum absolute atomic E-state index is 12.6. The lowest BCUT2D eigenvalue weighted by Gasteiger charge is -2.08. The van der Waals surface area contributed by atoms with Crippen LogP contribution in [0.4, 0.5) is 0 Å². The lowest BCUT2D eigenvalue weighted by Crippen LogP contribution is -2.18. The third kappa shape index (κ3) is 3.75. The summed E-state index contributed by atoms with van der Waals surface area (Å²) in [6, 6.07) is 11.3. The Hall–Kier alpha value is -2.73. The minimum absolute atomic E-state index is 0.250. The monoisotopic (exact) mass is 409 g/mol. The van der Waals surface area contributed by atoms with E-state index >= 15 is 0 Å². The molecule has 3 aromatic rings. The first kappa shape index (κ1) is 16.7. The second kappa shape index (κ2) is 7.25. The lowest BCUT2D eigenvalue weighted by atomic mass is 10.1. The van der Waals surface area contributed by atoms with E-state index < -0.39 is 0 Å². The van der Waals surface area contributed by atoms with Crippen molar-refractivity contribution in [2.75, 3.05) is 0 Å². The molecule has 1 fully saturated rings. The highest BCUT2D eigenvalue weighted by Gasteiger charge is 2.27. The second-order valence-electron chi connectivity index (χ2n) is 6.12. The first-order valence-corrected chi connectivity index (χ1v) is 9.14. The predicted octanol–water partition coefficient (Wildman–Crippen LogP) is 4.90. The predicted molar refractivity (Wildman–Crippen MR) is 105 cm³/mol. The molecular weight excluding hydrogens is 394 g/mol. The van der Waals surface area contributed by atoms with Gasteiger partial charge in [-0.2, -0.15) is 5.10 Å². The fourth-order valence-electron chi connectivity index (χ4n) is 2.72. The first-order chi connectivity index (χ1) is 12.7. The summed E-state index contributed by atoms with van der Waals surface area (Å²) >= 11 is 3.46. The van der Waals surface area contributed by atoms with Crippen LogP contribution in [-0.2, 0) is 0 Å². The molecule has 1 saturated carbocycles. The Balaban J connectivity index is 1.56. The molecule has 6 heteroatoms. The Labute approximate surface area is 158 Å². The summed E-state index contributed by atoms with van der Waals surface area (Å²) in [5, 5.41) is 4.79. The molecule has 0 aliphatic heterocycles. The van der Waals surface area contributed by atoms with E-state index in [0.717, 1.165) is 39.7 Å². The third-order valence-corrected chi connectivity index (χ3v) is 4.65. The summed E-state index contributed by atoms with van der Waals surface area (Å²) in [5.74, 6) is 0.941. The molecule has 0 unspecified atom stereocenters. The first-order valence-electron chi connectivity index (χ1n) is 8.34. The number of carbonyl (C=O) groups excluding carboxylic acids is 1. The largest absolute Gasteiger partial charge is 0.465 e. The summed E-state index contributed by atoms with van der Waals surface area (Å²) in [5.41, 5.74) is 4.97. The molecule has 0 saturated heterocycles. The Morgan fingerprint density at radius 2 is 2.19 bits per heavy atom. The number of carbonyl (C=O) groups is 1. The quantitative estimate of drug-likeness (QED) is 0.481. The summed E-state index contributed by atoms with van der Waals surface area (Å²) < 4.78 is 6.09. The van der Waals surface area contributed by atoms with E-state index in [1.54, 1.807) is 18.4 Å². The molecule has 2 aromatic heterocycles. The van der Waals surface area contributed by atoms with Gasteiger partial charge in [0, 0.05) is 27.7 Å². The van der Waals surface area contributed by atoms with E-state index in [0.29, 0.717) is 11.5 Å². The highest BCUT2D eigenvalue weighted by Crippen LogP contribution is 2.40. The number of amides is 1. The topological polar surface area (TPSA) is 67.5 Å². The number of nitrogens with one attached hydrogen (secondary N) is 1. The molecular formula is C20H16BrN3O2. The molecule has 1 aliphatic carbocycles. The number of nitrogens with zero attached hydrogens (tertiary/aromatic N) is 2. The summed E-state index contributed by atoms with van der Waals surface area (Å²) in [7, 11) is 0. The van der Waals surface area contributed by atoms with Crippen LogP contribution < -0.4 is 5.43 Å². The molecule has 0 spiro atoms. The molecule has 26 heavy (non-hydrogen) atoms. The van der Waals surface area contributed by atoms with Crippen molar-refractivity contribution in [3.8, 4) is 0 Å². The van der Waals surface area contributed by atoms with Gasteiger partial charge in [0.05, 0.1) is 17.3 Å². The number of aromatic nitrogens is 1. The fraction of sp³-hybridized carbons (Fsp3) is 0.150. The van der Waals surface area contributed by atoms with Gasteiger partial charge < -0.3 is 4.42 Å². The van der Waals surface area contributed by atoms with Crippen LogP contribution >= 0.6 is 15.9 Å². The Morgan fingerprint density at radius 3 is 2.96 bits per heavy atom. The van der Waals surface area contributed by atoms with E-state index in [1.807, 2.05) is 36.4 Å². The highest BCUT2D eigenvalue weighted by atomic mass is 79.9. The van der Waals surface area contributed by atoms with Crippen molar-refractivity contribution >= 4 is 45.0 Å². The van der Waals surface area contributed by atoms with Crippen molar-refractivity contribution in [3.63, 3.8) is 0 Å². The average Bonchev–Trinajstić information content (AvgIpc) is 3.37. The number of hydrogen-bond donors (Lipinski definition) is 1. The Bertz CT molecular complexity index is 1010. The summed E-state index contributed by atoms with van der Waals surface area (Å²) in [6.45, 7) is 0. The van der Waals surface area contributed by atoms with Gasteiger partial charge >= 0.3 is 0 Å². The maximum atomic E-state index is 12.6. The number of hydrazone groups is 1. The zero-order valence-corrected chi connectivity index (χ0v) is 15.4. The molecule has 1 N–H and O–H groups in total. The van der Waals surface area contributed by atoms with Gasteiger partial charge in [-0.05, 0) is 61.4 Å². The molecule has 1 aromatic carbocycles. The molecule has 1 aliphatic rings. The van der Waals surface area contributed by atoms with E-state index in [9.17, 15) is 4.79 Å². The normalized spacial score (nSPS) is 14.5. The molecule has 0 atom stereocenters. The van der Waals surface area contributed by atoms with Gasteiger partial charge in [-0.1, -0.05) is 15.9 Å². The van der Waals surface area contributed by atoms with E-state index in [1.165, 1.54) is 6.21 Å². The van der Waals surface area contributed by atoms with Crippen LogP contribution in [0.2, 0.25) is 0 Å². The van der Waals surface area contributed by atoms with Gasteiger partial charge in [0.1, 0.15) is 5.76 Å². The van der Waals surface area contributed by atoms with Crippen LogP contribution in [-0.4, -0.2) is 17.1 Å². The number of pyridine rings is 1. The van der Waals surface area contributed by atoms with Crippen molar-refractivity contribution in [1.82, 2.24) is 10.4 Å². The van der Waals surface area contributed by atoms with Crippen LogP contribution in [0.3, 0.4) is 0 Å². The minimum atomic E-state index is -0.250. The van der Waals surface area contributed by atoms with Gasteiger partial charge in [0.25, 0.3) is 5.91 Å². The number of hydrogen-bond acceptors (Lipinski definition) is 4. The molecule has 0 bridgehead atoms. The molecule has 0 radical (unpaired) electrons. The number of benzene rings is 1. The van der Waals surface area contributed by atoms with E-state index in [2.05, 4.69) is 26.5 Å². The van der Waals surface area contributed by atoms with Gasteiger partial charge in [0.15, 0.2) is 0 Å². The zero-order chi connectivity index (χ0) is 17.9. The van der Waals surface area contributed by atoms with E-state index in [4.69, 9.17) is 9.40 Å². The SMILES string of the molecule is O=C(N/N=C\C=C\c1ccco1)c1cc(C2CC2)nc2ccc(Br)cc12. The standard InChI is InChI=1S/C20H16BrN3O2/c21-14-7-8-18-16(11-14)17(12-19(23-18)13-5-6-13)20(25)24-22-9-1-3-15-4-2-10-26-15/h1-4,7-13H,5-6H2,(H,24,25)/b3-1+,22-9-. The van der Waals surface area contributed by atoms with Crippen LogP contribution in [0.15, 0.2) is 62.7 Å². The average molecular weight is 410 g/mol. The van der Waals surface area contributed by atoms with Crippen molar-refractivity contribution in [2.24, 2.45) is 5.10 Å². The smallest absolute Gasteiger partial charge is 0.272 e. The molecule has 4 rings (SSSR count). The van der Waals surface area contributed by atoms with Gasteiger partial charge in [-0.25, -0.2) is 5.43 Å². The Morgan fingerprint density at radius 1 is 1.31 bits per heavy atom. The minimum Gasteiger partial charge on any atom is -0.465 e. The van der Waals surface area contributed by atoms with Gasteiger partial charge in [0.2, 0.25) is 0 Å². The molecule has 130 valence electrons. The number of furan rings is 1. The summed E-state index contributed by atoms with van der Waals surface area (Å²) in [4.78, 5) is 17.3. The lowest BCUT2D eigenvalue weighted by molar-refractivity contribution is 0.0956. The van der Waals surface area contributed by atoms with Crippen LogP contribution in [0, 0.1) is 0 Å². The van der Waals surface area contributed by atoms with Crippen molar-refractivity contribution in [2.45, 2.75) is 18.8 Å². The van der Waals surface area contributed by atoms with Crippen LogP contribution in [0.1, 0.15) is 40.6 Å². The van der Waals surface area contributed by atoms with Crippen molar-refractivity contribution in [3.05, 3.63) is 70.2 Å². The van der Waals surface area contributed by atoms with Crippen LogP contribution in [0.5, 0.6) is 0 Å². The highest BCUT2D eigenvalue weighted by molar-refractivity contribution is 9.10. The maximum Gasteiger partial charge on any atom is 0.272 e.